The molecule has 0 unspecified atom stereocenters. The standard InChI is InChI=1S/C12H18FN3/c13-11-8-15-12(16-9-11)14-7-3-6-10-4-1-2-5-10/h8-10H,1-7H2,(H,14,15,16). The van der Waals surface area contributed by atoms with Crippen LogP contribution in [0.25, 0.3) is 0 Å². The fourth-order valence-electron chi connectivity index (χ4n) is 2.29. The molecule has 0 radical (unpaired) electrons. The third-order valence-corrected chi connectivity index (χ3v) is 3.17. The molecule has 0 amide bonds. The number of halogens is 1. The van der Waals surface area contributed by atoms with Gasteiger partial charge in [-0.2, -0.15) is 0 Å². The van der Waals surface area contributed by atoms with Gasteiger partial charge in [-0.15, -0.1) is 0 Å². The Kier molecular flexibility index (Phi) is 4.08. The van der Waals surface area contributed by atoms with Crippen LogP contribution in [-0.2, 0) is 0 Å². The van der Waals surface area contributed by atoms with Gasteiger partial charge in [0.2, 0.25) is 5.95 Å². The number of rotatable bonds is 5. The number of anilines is 1. The van der Waals surface area contributed by atoms with Gasteiger partial charge >= 0.3 is 0 Å². The maximum atomic E-state index is 12.5. The van der Waals surface area contributed by atoms with Crippen molar-refractivity contribution in [1.82, 2.24) is 9.97 Å². The lowest BCUT2D eigenvalue weighted by molar-refractivity contribution is 0.491. The quantitative estimate of drug-likeness (QED) is 0.780. The van der Waals surface area contributed by atoms with E-state index < -0.39 is 5.82 Å². The Morgan fingerprint density at radius 1 is 1.25 bits per heavy atom. The minimum Gasteiger partial charge on any atom is -0.354 e. The number of nitrogens with zero attached hydrogens (tertiary/aromatic N) is 2. The average molecular weight is 223 g/mol. The minimum absolute atomic E-state index is 0.392. The van der Waals surface area contributed by atoms with Gasteiger partial charge in [0.25, 0.3) is 0 Å². The molecule has 0 saturated heterocycles. The second kappa shape index (κ2) is 5.77. The Bertz CT molecular complexity index is 307. The van der Waals surface area contributed by atoms with Crippen LogP contribution in [0.3, 0.4) is 0 Å². The van der Waals surface area contributed by atoms with Gasteiger partial charge in [-0.25, -0.2) is 14.4 Å². The minimum atomic E-state index is -0.392. The van der Waals surface area contributed by atoms with Crippen molar-refractivity contribution in [3.63, 3.8) is 0 Å². The van der Waals surface area contributed by atoms with Gasteiger partial charge in [-0.1, -0.05) is 25.7 Å². The van der Waals surface area contributed by atoms with E-state index in [9.17, 15) is 4.39 Å². The molecule has 1 saturated carbocycles. The van der Waals surface area contributed by atoms with Gasteiger partial charge in [-0.05, 0) is 18.8 Å². The van der Waals surface area contributed by atoms with Gasteiger partial charge in [0.15, 0.2) is 5.82 Å². The van der Waals surface area contributed by atoms with E-state index in [1.54, 1.807) is 0 Å². The molecule has 4 heteroatoms. The molecule has 0 aromatic carbocycles. The smallest absolute Gasteiger partial charge is 0.222 e. The van der Waals surface area contributed by atoms with Gasteiger partial charge in [0, 0.05) is 6.54 Å². The van der Waals surface area contributed by atoms with Gasteiger partial charge in [0.1, 0.15) is 0 Å². The summed E-state index contributed by atoms with van der Waals surface area (Å²) in [5, 5.41) is 3.11. The third kappa shape index (κ3) is 3.43. The first-order chi connectivity index (χ1) is 7.84. The molecule has 1 aliphatic carbocycles. The zero-order valence-corrected chi connectivity index (χ0v) is 9.45. The highest BCUT2D eigenvalue weighted by molar-refractivity contribution is 5.21. The van der Waals surface area contributed by atoms with E-state index in [-0.39, 0.29) is 0 Å². The summed E-state index contributed by atoms with van der Waals surface area (Å²) in [7, 11) is 0. The fraction of sp³-hybridized carbons (Fsp3) is 0.667. The van der Waals surface area contributed by atoms with Crippen LogP contribution in [0.15, 0.2) is 12.4 Å². The Labute approximate surface area is 95.5 Å². The lowest BCUT2D eigenvalue weighted by atomic mass is 10.0. The first-order valence-electron chi connectivity index (χ1n) is 6.06. The molecule has 1 aliphatic rings. The van der Waals surface area contributed by atoms with Crippen LogP contribution in [0.5, 0.6) is 0 Å². The van der Waals surface area contributed by atoms with Gasteiger partial charge in [-0.3, -0.25) is 0 Å². The zero-order chi connectivity index (χ0) is 11.2. The summed E-state index contributed by atoms with van der Waals surface area (Å²) >= 11 is 0. The van der Waals surface area contributed by atoms with Crippen LogP contribution >= 0.6 is 0 Å². The first-order valence-corrected chi connectivity index (χ1v) is 6.06. The zero-order valence-electron chi connectivity index (χ0n) is 9.45. The molecule has 1 aromatic heterocycles. The highest BCUT2D eigenvalue weighted by Crippen LogP contribution is 2.28. The van der Waals surface area contributed by atoms with E-state index in [2.05, 4.69) is 15.3 Å². The van der Waals surface area contributed by atoms with E-state index in [4.69, 9.17) is 0 Å². The van der Waals surface area contributed by atoms with Crippen molar-refractivity contribution < 1.29 is 4.39 Å². The monoisotopic (exact) mass is 223 g/mol. The van der Waals surface area contributed by atoms with E-state index in [0.717, 1.165) is 18.9 Å². The second-order valence-electron chi connectivity index (χ2n) is 4.44. The van der Waals surface area contributed by atoms with Gasteiger partial charge < -0.3 is 5.32 Å². The largest absolute Gasteiger partial charge is 0.354 e. The average Bonchev–Trinajstić information content (AvgIpc) is 2.80. The van der Waals surface area contributed by atoms with Crippen molar-refractivity contribution in [3.8, 4) is 0 Å². The molecular weight excluding hydrogens is 205 g/mol. The molecule has 0 bridgehead atoms. The van der Waals surface area contributed by atoms with E-state index in [1.165, 1.54) is 44.5 Å². The van der Waals surface area contributed by atoms with Crippen molar-refractivity contribution in [1.29, 1.82) is 0 Å². The Morgan fingerprint density at radius 3 is 2.62 bits per heavy atom. The summed E-state index contributed by atoms with van der Waals surface area (Å²) < 4.78 is 12.5. The summed E-state index contributed by atoms with van der Waals surface area (Å²) in [5.74, 6) is 1.06. The van der Waals surface area contributed by atoms with Crippen LogP contribution in [0.4, 0.5) is 10.3 Å². The van der Waals surface area contributed by atoms with Crippen molar-refractivity contribution in [2.24, 2.45) is 5.92 Å². The Hall–Kier alpha value is -1.19. The van der Waals surface area contributed by atoms with E-state index in [1.807, 2.05) is 0 Å². The topological polar surface area (TPSA) is 37.8 Å². The predicted octanol–water partition coefficient (Wildman–Crippen LogP) is 3.00. The molecule has 0 atom stereocenters. The highest BCUT2D eigenvalue weighted by Gasteiger charge is 2.13. The molecule has 0 aliphatic heterocycles. The van der Waals surface area contributed by atoms with Crippen LogP contribution < -0.4 is 5.32 Å². The molecule has 1 N–H and O–H groups in total. The maximum absolute atomic E-state index is 12.5. The maximum Gasteiger partial charge on any atom is 0.222 e. The van der Waals surface area contributed by atoms with Crippen molar-refractivity contribution in [2.45, 2.75) is 38.5 Å². The lowest BCUT2D eigenvalue weighted by Gasteiger charge is -2.08. The fourth-order valence-corrected chi connectivity index (χ4v) is 2.29. The van der Waals surface area contributed by atoms with Crippen LogP contribution in [0.2, 0.25) is 0 Å². The van der Waals surface area contributed by atoms with Gasteiger partial charge in [0.05, 0.1) is 12.4 Å². The van der Waals surface area contributed by atoms with Crippen LogP contribution in [0, 0.1) is 11.7 Å². The van der Waals surface area contributed by atoms with E-state index in [0.29, 0.717) is 5.95 Å². The molecule has 1 aromatic rings. The third-order valence-electron chi connectivity index (χ3n) is 3.17. The summed E-state index contributed by atoms with van der Waals surface area (Å²) in [6.45, 7) is 0.877. The molecule has 16 heavy (non-hydrogen) atoms. The SMILES string of the molecule is Fc1cnc(NCCCC2CCCC2)nc1. The number of nitrogens with one attached hydrogen (secondary N) is 1. The summed E-state index contributed by atoms with van der Waals surface area (Å²) in [6.07, 6.45) is 10.4. The van der Waals surface area contributed by atoms with Crippen molar-refractivity contribution in [2.75, 3.05) is 11.9 Å². The molecule has 3 nitrogen and oxygen atoms in total. The Morgan fingerprint density at radius 2 is 1.94 bits per heavy atom. The molecule has 1 fully saturated rings. The summed E-state index contributed by atoms with van der Waals surface area (Å²) in [5.41, 5.74) is 0. The second-order valence-corrected chi connectivity index (χ2v) is 4.44. The molecule has 0 spiro atoms. The lowest BCUT2D eigenvalue weighted by Crippen LogP contribution is -2.07. The van der Waals surface area contributed by atoms with Crippen molar-refractivity contribution >= 4 is 5.95 Å². The normalized spacial score (nSPS) is 16.6. The Balaban J connectivity index is 1.62. The number of hydrogen-bond donors (Lipinski definition) is 1. The molecular formula is C12H18FN3. The first kappa shape index (κ1) is 11.3. The van der Waals surface area contributed by atoms with Crippen LogP contribution in [-0.4, -0.2) is 16.5 Å². The van der Waals surface area contributed by atoms with E-state index >= 15 is 0 Å². The summed E-state index contributed by atoms with van der Waals surface area (Å²) in [4.78, 5) is 7.70. The number of aromatic nitrogens is 2. The van der Waals surface area contributed by atoms with Crippen LogP contribution in [0.1, 0.15) is 38.5 Å². The number of hydrogen-bond acceptors (Lipinski definition) is 3. The summed E-state index contributed by atoms with van der Waals surface area (Å²) in [6, 6.07) is 0. The highest BCUT2D eigenvalue weighted by atomic mass is 19.1. The predicted molar refractivity (Wildman–Crippen MR) is 61.7 cm³/mol. The molecule has 1 heterocycles. The molecule has 2 rings (SSSR count). The van der Waals surface area contributed by atoms with Crippen molar-refractivity contribution in [3.05, 3.63) is 18.2 Å². The molecule has 88 valence electrons.